The molecule has 2 nitrogen and oxygen atoms in total. The fourth-order valence-corrected chi connectivity index (χ4v) is 6.84. The van der Waals surface area contributed by atoms with E-state index in [1.165, 1.54) is 44.8 Å². The Bertz CT molecular complexity index is 1740. The highest BCUT2D eigenvalue weighted by atomic mass is 16.3. The fourth-order valence-electron chi connectivity index (χ4n) is 6.84. The molecule has 0 aliphatic heterocycles. The minimum Gasteiger partial charge on any atom is -0.460 e. The highest BCUT2D eigenvalue weighted by molar-refractivity contribution is 6.11. The maximum Gasteiger partial charge on any atom is 0.146 e. The third kappa shape index (κ3) is 4.28. The highest BCUT2D eigenvalue weighted by Crippen LogP contribution is 2.50. The van der Waals surface area contributed by atoms with E-state index in [-0.39, 0.29) is 16.2 Å². The lowest BCUT2D eigenvalue weighted by Gasteiger charge is -2.42. The van der Waals surface area contributed by atoms with Crippen LogP contribution < -0.4 is 0 Å². The van der Waals surface area contributed by atoms with Gasteiger partial charge in [0.15, 0.2) is 0 Å². The number of pyridine rings is 1. The van der Waals surface area contributed by atoms with Gasteiger partial charge in [-0.25, -0.2) is 4.98 Å². The summed E-state index contributed by atoms with van der Waals surface area (Å²) in [6.07, 6.45) is 3.27. The van der Waals surface area contributed by atoms with Crippen LogP contribution in [0.2, 0.25) is 0 Å². The summed E-state index contributed by atoms with van der Waals surface area (Å²) in [4.78, 5) is 5.46. The van der Waals surface area contributed by atoms with Crippen molar-refractivity contribution in [1.29, 1.82) is 0 Å². The zero-order valence-electron chi connectivity index (χ0n) is 25.3. The number of benzene rings is 3. The average Bonchev–Trinajstić information content (AvgIpc) is 3.27. The van der Waals surface area contributed by atoms with Crippen molar-refractivity contribution in [3.05, 3.63) is 77.0 Å². The molecule has 0 spiro atoms. The molecule has 2 heteroatoms. The van der Waals surface area contributed by atoms with Gasteiger partial charge in [0.05, 0.1) is 11.2 Å². The van der Waals surface area contributed by atoms with Crippen LogP contribution in [0.15, 0.2) is 59.0 Å². The molecule has 0 saturated carbocycles. The number of fused-ring (bicyclic) bond motifs is 6. The van der Waals surface area contributed by atoms with Gasteiger partial charge in [-0.1, -0.05) is 92.6 Å². The molecule has 1 aliphatic rings. The van der Waals surface area contributed by atoms with E-state index in [1.807, 2.05) is 0 Å². The molecular formula is C37H43NO. The van der Waals surface area contributed by atoms with E-state index in [1.54, 1.807) is 0 Å². The van der Waals surface area contributed by atoms with Crippen LogP contribution in [0.4, 0.5) is 0 Å². The average molecular weight is 518 g/mol. The number of aromatic nitrogens is 1. The Hall–Kier alpha value is -3.13. The van der Waals surface area contributed by atoms with Gasteiger partial charge < -0.3 is 4.42 Å². The van der Waals surface area contributed by atoms with E-state index in [0.29, 0.717) is 5.92 Å². The summed E-state index contributed by atoms with van der Waals surface area (Å²) in [6.45, 7) is 21.0. The Labute approximate surface area is 233 Å². The lowest BCUT2D eigenvalue weighted by atomic mass is 9.62. The van der Waals surface area contributed by atoms with Crippen molar-refractivity contribution in [3.63, 3.8) is 0 Å². The molecule has 0 atom stereocenters. The van der Waals surface area contributed by atoms with Crippen molar-refractivity contribution < 1.29 is 4.42 Å². The molecule has 0 fully saturated rings. The Balaban J connectivity index is 1.74. The van der Waals surface area contributed by atoms with Gasteiger partial charge in [0, 0.05) is 22.8 Å². The summed E-state index contributed by atoms with van der Waals surface area (Å²) in [7, 11) is 0. The fraction of sp³-hybridized carbons (Fsp3) is 0.432. The lowest BCUT2D eigenvalue weighted by Crippen LogP contribution is -2.34. The molecule has 202 valence electrons. The molecule has 39 heavy (non-hydrogen) atoms. The second kappa shape index (κ2) is 8.68. The van der Waals surface area contributed by atoms with Crippen LogP contribution in [0, 0.1) is 5.92 Å². The highest BCUT2D eigenvalue weighted by Gasteiger charge is 2.39. The topological polar surface area (TPSA) is 26.0 Å². The molecule has 0 N–H and O–H groups in total. The van der Waals surface area contributed by atoms with Crippen LogP contribution in [0.1, 0.15) is 97.6 Å². The van der Waals surface area contributed by atoms with Gasteiger partial charge in [0.25, 0.3) is 0 Å². The smallest absolute Gasteiger partial charge is 0.146 e. The lowest BCUT2D eigenvalue weighted by molar-refractivity contribution is 0.334. The second-order valence-electron chi connectivity index (χ2n) is 14.7. The third-order valence-electron chi connectivity index (χ3n) is 9.01. The van der Waals surface area contributed by atoms with Crippen LogP contribution in [0.3, 0.4) is 0 Å². The van der Waals surface area contributed by atoms with Gasteiger partial charge in [-0.05, 0) is 86.7 Å². The summed E-state index contributed by atoms with van der Waals surface area (Å²) >= 11 is 0. The molecule has 1 aliphatic carbocycles. The van der Waals surface area contributed by atoms with Crippen LogP contribution in [-0.2, 0) is 22.7 Å². The molecule has 0 unspecified atom stereocenters. The summed E-state index contributed by atoms with van der Waals surface area (Å²) in [5, 5.41) is 4.93. The minimum absolute atomic E-state index is 0.0133. The Kier molecular flexibility index (Phi) is 5.81. The standard InChI is InChI=1S/C37H43NO/c1-22(2)18-25-21-27-33(24-19-23-12-10-11-13-26(23)29(20-24)35(3,4)5)38-30-15-14-28-32(31(30)34(27)39-25)37(8,9)17-16-36(28,6)7/h10-15,19-22H,16-18H2,1-9H3. The summed E-state index contributed by atoms with van der Waals surface area (Å²) < 4.78 is 6.83. The maximum absolute atomic E-state index is 6.83. The van der Waals surface area contributed by atoms with E-state index in [4.69, 9.17) is 9.40 Å². The first-order valence-electron chi connectivity index (χ1n) is 14.7. The number of furan rings is 1. The number of rotatable bonds is 3. The number of nitrogens with zero attached hydrogens (tertiary/aromatic N) is 1. The number of hydrogen-bond donors (Lipinski definition) is 0. The van der Waals surface area contributed by atoms with Gasteiger partial charge in [0.2, 0.25) is 0 Å². The monoisotopic (exact) mass is 517 g/mol. The van der Waals surface area contributed by atoms with Crippen molar-refractivity contribution in [2.24, 2.45) is 5.92 Å². The summed E-state index contributed by atoms with van der Waals surface area (Å²) in [5.41, 5.74) is 8.69. The van der Waals surface area contributed by atoms with E-state index in [2.05, 4.69) is 117 Å². The van der Waals surface area contributed by atoms with Crippen molar-refractivity contribution in [2.75, 3.05) is 0 Å². The van der Waals surface area contributed by atoms with Crippen molar-refractivity contribution >= 4 is 32.6 Å². The number of hydrogen-bond acceptors (Lipinski definition) is 2. The molecule has 3 aromatic carbocycles. The Morgan fingerprint density at radius 2 is 1.59 bits per heavy atom. The van der Waals surface area contributed by atoms with Gasteiger partial charge in [-0.2, -0.15) is 0 Å². The van der Waals surface area contributed by atoms with Crippen LogP contribution in [-0.4, -0.2) is 4.98 Å². The quantitative estimate of drug-likeness (QED) is 0.238. The molecule has 2 heterocycles. The zero-order valence-corrected chi connectivity index (χ0v) is 25.3. The molecule has 0 amide bonds. The first-order chi connectivity index (χ1) is 18.3. The van der Waals surface area contributed by atoms with Gasteiger partial charge in [-0.3, -0.25) is 0 Å². The minimum atomic E-state index is 0.0133. The third-order valence-corrected chi connectivity index (χ3v) is 9.01. The molecule has 2 aromatic heterocycles. The second-order valence-corrected chi connectivity index (χ2v) is 14.7. The first-order valence-corrected chi connectivity index (χ1v) is 14.7. The van der Waals surface area contributed by atoms with Gasteiger partial charge in [0.1, 0.15) is 11.3 Å². The molecule has 6 rings (SSSR count). The predicted molar refractivity (Wildman–Crippen MR) is 167 cm³/mol. The van der Waals surface area contributed by atoms with Crippen molar-refractivity contribution in [2.45, 2.75) is 97.8 Å². The molecule has 0 radical (unpaired) electrons. The van der Waals surface area contributed by atoms with Crippen LogP contribution in [0.5, 0.6) is 0 Å². The Morgan fingerprint density at radius 1 is 0.872 bits per heavy atom. The normalized spacial score (nSPS) is 16.9. The van der Waals surface area contributed by atoms with Gasteiger partial charge in [-0.15, -0.1) is 0 Å². The summed E-state index contributed by atoms with van der Waals surface area (Å²) in [6, 6.07) is 20.3. The van der Waals surface area contributed by atoms with Crippen molar-refractivity contribution in [1.82, 2.24) is 4.98 Å². The van der Waals surface area contributed by atoms with Crippen LogP contribution in [0.25, 0.3) is 43.9 Å². The molecule has 5 aromatic rings. The summed E-state index contributed by atoms with van der Waals surface area (Å²) in [5.74, 6) is 1.57. The molecule has 0 saturated heterocycles. The maximum atomic E-state index is 6.83. The van der Waals surface area contributed by atoms with Crippen LogP contribution >= 0.6 is 0 Å². The SMILES string of the molecule is CC(C)Cc1cc2c(-c3cc(C(C)(C)C)c4ccccc4c3)nc3ccc4c(c3c2o1)C(C)(C)CCC4(C)C. The largest absolute Gasteiger partial charge is 0.460 e. The van der Waals surface area contributed by atoms with E-state index >= 15 is 0 Å². The predicted octanol–water partition coefficient (Wildman–Crippen LogP) is 10.6. The molecular weight excluding hydrogens is 474 g/mol. The van der Waals surface area contributed by atoms with E-state index in [0.717, 1.165) is 40.8 Å². The van der Waals surface area contributed by atoms with Crippen molar-refractivity contribution in [3.8, 4) is 11.3 Å². The van der Waals surface area contributed by atoms with E-state index in [9.17, 15) is 0 Å². The first kappa shape index (κ1) is 26.1. The Morgan fingerprint density at radius 3 is 2.31 bits per heavy atom. The van der Waals surface area contributed by atoms with E-state index < -0.39 is 0 Å². The zero-order chi connectivity index (χ0) is 27.9. The van der Waals surface area contributed by atoms with Gasteiger partial charge >= 0.3 is 0 Å². The molecule has 0 bridgehead atoms.